The highest BCUT2D eigenvalue weighted by molar-refractivity contribution is 8.27. The Bertz CT molecular complexity index is 1730. The van der Waals surface area contributed by atoms with Crippen LogP contribution in [0.5, 0.6) is 17.2 Å². The minimum absolute atomic E-state index is 0.0450. The van der Waals surface area contributed by atoms with Crippen molar-refractivity contribution >= 4 is 50.6 Å². The van der Waals surface area contributed by atoms with E-state index in [0.29, 0.717) is 46.2 Å². The molecule has 0 unspecified atom stereocenters. The van der Waals surface area contributed by atoms with Crippen LogP contribution in [0.1, 0.15) is 18.1 Å². The van der Waals surface area contributed by atoms with Gasteiger partial charge in [0, 0.05) is 0 Å². The van der Waals surface area contributed by atoms with Crippen LogP contribution in [0.4, 0.5) is 0 Å². The largest absolute Gasteiger partial charge is 0.490 e. The molecule has 9 heteroatoms. The Balaban J connectivity index is 1.19. The molecular formula is C32H26N4O4S. The van der Waals surface area contributed by atoms with Gasteiger partial charge in [0.2, 0.25) is 5.17 Å². The fraction of sp³-hybridized carbons (Fsp3) is 0.125. The van der Waals surface area contributed by atoms with Gasteiger partial charge in [-0.25, -0.2) is 0 Å². The van der Waals surface area contributed by atoms with Gasteiger partial charge in [-0.15, -0.1) is 0 Å². The number of amides is 1. The molecule has 8 nitrogen and oxygen atoms in total. The van der Waals surface area contributed by atoms with Crippen molar-refractivity contribution in [2.75, 3.05) is 13.2 Å². The number of carbonyl (C=O) groups is 1. The lowest BCUT2D eigenvalue weighted by Crippen LogP contribution is -2.35. The van der Waals surface area contributed by atoms with Crippen LogP contribution >= 0.6 is 11.8 Å². The molecule has 0 aromatic heterocycles. The summed E-state index contributed by atoms with van der Waals surface area (Å²) in [6.45, 7) is 2.94. The van der Waals surface area contributed by atoms with E-state index in [9.17, 15) is 4.79 Å². The van der Waals surface area contributed by atoms with Gasteiger partial charge in [-0.1, -0.05) is 66.7 Å². The molecule has 0 atom stereocenters. The first-order chi connectivity index (χ1) is 20.1. The first kappa shape index (κ1) is 26.3. The smallest absolute Gasteiger partial charge is 0.283 e. The first-order valence-corrected chi connectivity index (χ1v) is 13.9. The van der Waals surface area contributed by atoms with Gasteiger partial charge in [-0.3, -0.25) is 10.2 Å². The summed E-state index contributed by atoms with van der Waals surface area (Å²) in [7, 11) is 0. The predicted octanol–water partition coefficient (Wildman–Crippen LogP) is 6.52. The highest BCUT2D eigenvalue weighted by atomic mass is 32.2. The zero-order chi connectivity index (χ0) is 28.2. The number of nitrogens with zero attached hydrogens (tertiary/aromatic N) is 3. The Morgan fingerprint density at radius 2 is 1.68 bits per heavy atom. The minimum Gasteiger partial charge on any atom is -0.490 e. The van der Waals surface area contributed by atoms with Crippen molar-refractivity contribution in [3.05, 3.63) is 108 Å². The van der Waals surface area contributed by atoms with Crippen molar-refractivity contribution in [1.29, 1.82) is 5.41 Å². The van der Waals surface area contributed by atoms with E-state index in [2.05, 4.69) is 34.4 Å². The maximum absolute atomic E-state index is 12.9. The summed E-state index contributed by atoms with van der Waals surface area (Å²) in [6.07, 6.45) is 1.63. The molecule has 0 saturated carbocycles. The predicted molar refractivity (Wildman–Crippen MR) is 163 cm³/mol. The zero-order valence-corrected chi connectivity index (χ0v) is 23.1. The number of benzene rings is 4. The number of fused-ring (bicyclic) bond motifs is 2. The Hall–Kier alpha value is -4.89. The van der Waals surface area contributed by atoms with Crippen molar-refractivity contribution in [3.8, 4) is 17.2 Å². The minimum atomic E-state index is -0.497. The lowest BCUT2D eigenvalue weighted by molar-refractivity contribution is -0.114. The van der Waals surface area contributed by atoms with Crippen LogP contribution < -0.4 is 14.2 Å². The highest BCUT2D eigenvalue weighted by Crippen LogP contribution is 2.33. The molecule has 2 aliphatic rings. The number of hydrogen-bond acceptors (Lipinski definition) is 7. The average molecular weight is 563 g/mol. The van der Waals surface area contributed by atoms with Gasteiger partial charge >= 0.3 is 0 Å². The molecule has 0 spiro atoms. The fourth-order valence-electron chi connectivity index (χ4n) is 4.49. The summed E-state index contributed by atoms with van der Waals surface area (Å²) in [6, 6.07) is 29.2. The monoisotopic (exact) mass is 562 g/mol. The van der Waals surface area contributed by atoms with Gasteiger partial charge in [0.05, 0.1) is 12.2 Å². The van der Waals surface area contributed by atoms with Crippen LogP contribution in [-0.2, 0) is 11.4 Å². The van der Waals surface area contributed by atoms with E-state index >= 15 is 0 Å². The van der Waals surface area contributed by atoms with E-state index in [1.54, 1.807) is 12.1 Å². The number of hydrogen-bond donors (Lipinski definition) is 1. The number of carbonyl (C=O) groups excluding carboxylic acids is 1. The number of aliphatic imine (C=N–C) groups is 1. The second kappa shape index (κ2) is 11.7. The van der Waals surface area contributed by atoms with Crippen molar-refractivity contribution in [1.82, 2.24) is 5.01 Å². The third-order valence-electron chi connectivity index (χ3n) is 6.44. The first-order valence-electron chi connectivity index (χ1n) is 13.1. The van der Waals surface area contributed by atoms with Gasteiger partial charge in [0.15, 0.2) is 17.3 Å². The van der Waals surface area contributed by atoms with E-state index in [1.165, 1.54) is 16.8 Å². The highest BCUT2D eigenvalue weighted by Gasteiger charge is 2.35. The molecule has 0 fully saturated rings. The number of hydrazone groups is 1. The third-order valence-corrected chi connectivity index (χ3v) is 7.33. The summed E-state index contributed by atoms with van der Waals surface area (Å²) < 4.78 is 17.8. The van der Waals surface area contributed by atoms with Crippen LogP contribution in [0.2, 0.25) is 0 Å². The number of rotatable bonds is 9. The van der Waals surface area contributed by atoms with Gasteiger partial charge in [0.25, 0.3) is 5.91 Å². The molecule has 204 valence electrons. The topological polar surface area (TPSA) is 96.6 Å². The van der Waals surface area contributed by atoms with E-state index in [-0.39, 0.29) is 18.0 Å². The molecule has 1 amide bonds. The van der Waals surface area contributed by atoms with Gasteiger partial charge in [-0.2, -0.15) is 15.1 Å². The summed E-state index contributed by atoms with van der Waals surface area (Å²) in [5.74, 6) is 1.32. The maximum Gasteiger partial charge on any atom is 0.283 e. The molecule has 4 aromatic carbocycles. The molecular weight excluding hydrogens is 536 g/mol. The average Bonchev–Trinajstić information content (AvgIpc) is 3.41. The van der Waals surface area contributed by atoms with Crippen LogP contribution in [0.3, 0.4) is 0 Å². The molecule has 1 N–H and O–H groups in total. The van der Waals surface area contributed by atoms with E-state index in [1.807, 2.05) is 67.6 Å². The molecule has 0 radical (unpaired) electrons. The third kappa shape index (κ3) is 5.71. The summed E-state index contributed by atoms with van der Waals surface area (Å²) in [5.41, 5.74) is 1.89. The Morgan fingerprint density at radius 1 is 0.878 bits per heavy atom. The standard InChI is InChI=1S/C32H26N4O4S/c1-2-38-28-18-21(15-16-27(28)40-19-23-11-8-10-22-9-6-7-14-25(22)23)17-26-30(33)36-32(34-31(26)37)41-29(35-36)20-39-24-12-4-3-5-13-24/h3-18,33H,2,19-20H2,1H3/b26-17-,33-30?. The number of ether oxygens (including phenoxy) is 3. The van der Waals surface area contributed by atoms with Crippen LogP contribution in [0, 0.1) is 5.41 Å². The molecule has 41 heavy (non-hydrogen) atoms. The summed E-state index contributed by atoms with van der Waals surface area (Å²) in [4.78, 5) is 17.1. The van der Waals surface area contributed by atoms with Crippen LogP contribution in [0.15, 0.2) is 107 Å². The maximum atomic E-state index is 12.9. The molecule has 2 aliphatic heterocycles. The molecule has 4 aromatic rings. The van der Waals surface area contributed by atoms with Crippen molar-refractivity contribution in [3.63, 3.8) is 0 Å². The molecule has 0 aliphatic carbocycles. The lowest BCUT2D eigenvalue weighted by Gasteiger charge is -2.20. The molecule has 0 bridgehead atoms. The number of thioether (sulfide) groups is 1. The second-order valence-electron chi connectivity index (χ2n) is 9.18. The number of nitrogens with one attached hydrogen (secondary N) is 1. The number of amidine groups is 2. The van der Waals surface area contributed by atoms with Gasteiger partial charge < -0.3 is 14.2 Å². The van der Waals surface area contributed by atoms with Crippen LogP contribution in [-0.4, -0.2) is 40.2 Å². The summed E-state index contributed by atoms with van der Waals surface area (Å²) in [5, 5.41) is 17.8. The van der Waals surface area contributed by atoms with Crippen LogP contribution in [0.25, 0.3) is 16.8 Å². The fourth-order valence-corrected chi connectivity index (χ4v) is 5.29. The molecule has 2 heterocycles. The molecule has 0 saturated heterocycles. The number of para-hydroxylation sites is 1. The Kier molecular flexibility index (Phi) is 7.51. The van der Waals surface area contributed by atoms with Crippen molar-refractivity contribution in [2.24, 2.45) is 10.1 Å². The van der Waals surface area contributed by atoms with E-state index in [0.717, 1.165) is 16.3 Å². The summed E-state index contributed by atoms with van der Waals surface area (Å²) >= 11 is 1.22. The van der Waals surface area contributed by atoms with Gasteiger partial charge in [-0.05, 0) is 70.9 Å². The second-order valence-corrected chi connectivity index (χ2v) is 10.2. The van der Waals surface area contributed by atoms with Crippen molar-refractivity contribution in [2.45, 2.75) is 13.5 Å². The normalized spacial score (nSPS) is 15.5. The quantitative estimate of drug-likeness (QED) is 0.234. The Labute approximate surface area is 241 Å². The zero-order valence-electron chi connectivity index (χ0n) is 22.2. The van der Waals surface area contributed by atoms with E-state index in [4.69, 9.17) is 19.6 Å². The lowest BCUT2D eigenvalue weighted by atomic mass is 10.1. The van der Waals surface area contributed by atoms with Gasteiger partial charge in [0.1, 0.15) is 24.0 Å². The SMILES string of the molecule is CCOc1cc(/C=C2/C(=N)N3N=C(COc4ccccc4)SC3=NC2=O)ccc1OCc1cccc2ccccc12. The van der Waals surface area contributed by atoms with Crippen molar-refractivity contribution < 1.29 is 19.0 Å². The Morgan fingerprint density at radius 3 is 2.54 bits per heavy atom. The molecule has 6 rings (SSSR count). The van der Waals surface area contributed by atoms with E-state index < -0.39 is 5.91 Å².